The second kappa shape index (κ2) is 7.82. The van der Waals surface area contributed by atoms with E-state index in [0.29, 0.717) is 30.1 Å². The third kappa shape index (κ3) is 3.61. The molecule has 0 spiro atoms. The van der Waals surface area contributed by atoms with E-state index in [2.05, 4.69) is 28.2 Å². The second-order valence-corrected chi connectivity index (χ2v) is 9.22. The third-order valence-electron chi connectivity index (χ3n) is 7.18. The number of rotatable bonds is 5. The fourth-order valence-corrected chi connectivity index (χ4v) is 5.24. The van der Waals surface area contributed by atoms with Crippen molar-refractivity contribution in [3.05, 3.63) is 59.3 Å². The quantitative estimate of drug-likeness (QED) is 0.779. The molecule has 2 aliphatic heterocycles. The van der Waals surface area contributed by atoms with Crippen LogP contribution in [0.25, 0.3) is 0 Å². The van der Waals surface area contributed by atoms with Crippen LogP contribution in [0.2, 0.25) is 0 Å². The molecule has 166 valence electrons. The van der Waals surface area contributed by atoms with Crippen LogP contribution in [0.4, 0.5) is 14.6 Å². The normalized spacial score (nSPS) is 25.5. The second-order valence-electron chi connectivity index (χ2n) is 9.22. The van der Waals surface area contributed by atoms with Gasteiger partial charge in [0.1, 0.15) is 11.9 Å². The number of carbonyl (C=O) groups excluding carboxylic acids is 1. The van der Waals surface area contributed by atoms with Crippen molar-refractivity contribution in [3.63, 3.8) is 0 Å². The standard InChI is InChI=1S/C24H25F2N5O/c1-15-8-18-13-30(14-21(15)31(18)22-5-2-16(10-27)11-28-22)23(32)12-29-24(6-7-24)17-3-4-19(25)20(26)9-17/h2-5,9,11,15,18,21,29H,6-8,12-14H2,1H3/t15-,18?,21?/m0/s1. The molecule has 3 atom stereocenters. The first-order valence-electron chi connectivity index (χ1n) is 11.0. The Balaban J connectivity index is 1.24. The van der Waals surface area contributed by atoms with Crippen LogP contribution in [0.15, 0.2) is 36.5 Å². The molecule has 2 aromatic rings. The van der Waals surface area contributed by atoms with Crippen LogP contribution in [-0.2, 0) is 10.3 Å². The van der Waals surface area contributed by atoms with Gasteiger partial charge in [0.05, 0.1) is 18.2 Å². The molecule has 2 saturated heterocycles. The molecule has 1 N–H and O–H groups in total. The predicted octanol–water partition coefficient (Wildman–Crippen LogP) is 2.94. The lowest BCUT2D eigenvalue weighted by atomic mass is 10.0. The largest absolute Gasteiger partial charge is 0.347 e. The van der Waals surface area contributed by atoms with Gasteiger partial charge in [-0.15, -0.1) is 0 Å². The van der Waals surface area contributed by atoms with Gasteiger partial charge in [0, 0.05) is 30.9 Å². The fraction of sp³-hybridized carbons (Fsp3) is 0.458. The van der Waals surface area contributed by atoms with Crippen LogP contribution >= 0.6 is 0 Å². The highest BCUT2D eigenvalue weighted by molar-refractivity contribution is 5.79. The lowest BCUT2D eigenvalue weighted by Crippen LogP contribution is -2.58. The first kappa shape index (κ1) is 20.8. The highest BCUT2D eigenvalue weighted by Crippen LogP contribution is 2.45. The molecule has 1 saturated carbocycles. The van der Waals surface area contributed by atoms with Gasteiger partial charge in [0.15, 0.2) is 11.6 Å². The first-order chi connectivity index (χ1) is 15.4. The van der Waals surface area contributed by atoms with Gasteiger partial charge in [-0.3, -0.25) is 10.1 Å². The zero-order valence-corrected chi connectivity index (χ0v) is 17.9. The number of hydrogen-bond acceptors (Lipinski definition) is 5. The highest BCUT2D eigenvalue weighted by atomic mass is 19.2. The Bertz CT molecular complexity index is 1080. The molecule has 3 aliphatic rings. The summed E-state index contributed by atoms with van der Waals surface area (Å²) >= 11 is 0. The Hall–Kier alpha value is -3.05. The number of likely N-dealkylation sites (tertiary alicyclic amines) is 1. The molecule has 0 radical (unpaired) electrons. The number of nitriles is 1. The fourth-order valence-electron chi connectivity index (χ4n) is 5.24. The number of halogens is 2. The maximum absolute atomic E-state index is 13.7. The molecule has 1 aromatic carbocycles. The minimum atomic E-state index is -0.861. The van der Waals surface area contributed by atoms with Crippen molar-refractivity contribution in [2.45, 2.75) is 43.8 Å². The molecule has 32 heavy (non-hydrogen) atoms. The molecule has 3 fully saturated rings. The van der Waals surface area contributed by atoms with Crippen molar-refractivity contribution in [2.24, 2.45) is 5.92 Å². The number of anilines is 1. The van der Waals surface area contributed by atoms with E-state index < -0.39 is 17.2 Å². The Morgan fingerprint density at radius 3 is 2.69 bits per heavy atom. The molecule has 2 bridgehead atoms. The van der Waals surface area contributed by atoms with Crippen molar-refractivity contribution in [3.8, 4) is 6.07 Å². The molecule has 6 nitrogen and oxygen atoms in total. The van der Waals surface area contributed by atoms with Crippen molar-refractivity contribution in [1.29, 1.82) is 5.26 Å². The summed E-state index contributed by atoms with van der Waals surface area (Å²) in [5, 5.41) is 12.3. The number of fused-ring (bicyclic) bond motifs is 2. The first-order valence-corrected chi connectivity index (χ1v) is 11.0. The number of carbonyl (C=O) groups is 1. The number of benzene rings is 1. The van der Waals surface area contributed by atoms with Crippen LogP contribution < -0.4 is 10.2 Å². The summed E-state index contributed by atoms with van der Waals surface area (Å²) in [6.45, 7) is 3.62. The van der Waals surface area contributed by atoms with E-state index in [1.54, 1.807) is 18.3 Å². The van der Waals surface area contributed by atoms with Gasteiger partial charge >= 0.3 is 0 Å². The summed E-state index contributed by atoms with van der Waals surface area (Å²) in [5.74, 6) is -0.417. The maximum Gasteiger partial charge on any atom is 0.236 e. The number of pyridine rings is 1. The lowest BCUT2D eigenvalue weighted by Gasteiger charge is -2.42. The molecular formula is C24H25F2N5O. The smallest absolute Gasteiger partial charge is 0.236 e. The Morgan fingerprint density at radius 2 is 2.06 bits per heavy atom. The van der Waals surface area contributed by atoms with Crippen LogP contribution in [0, 0.1) is 28.9 Å². The van der Waals surface area contributed by atoms with Crippen molar-refractivity contribution < 1.29 is 13.6 Å². The van der Waals surface area contributed by atoms with E-state index in [0.717, 1.165) is 31.1 Å². The summed E-state index contributed by atoms with van der Waals surface area (Å²) in [5.41, 5.74) is 0.781. The number of aromatic nitrogens is 1. The van der Waals surface area contributed by atoms with E-state index in [4.69, 9.17) is 5.26 Å². The highest BCUT2D eigenvalue weighted by Gasteiger charge is 2.47. The van der Waals surface area contributed by atoms with Crippen LogP contribution in [0.1, 0.15) is 37.3 Å². The van der Waals surface area contributed by atoms with Crippen molar-refractivity contribution >= 4 is 11.7 Å². The topological polar surface area (TPSA) is 72.3 Å². The number of amides is 1. The Labute approximate surface area is 185 Å². The third-order valence-corrected chi connectivity index (χ3v) is 7.18. The summed E-state index contributed by atoms with van der Waals surface area (Å²) in [4.78, 5) is 21.7. The number of nitrogens with one attached hydrogen (secondary N) is 1. The SMILES string of the molecule is C[C@H]1CC2CN(C(=O)CNC3(c4ccc(F)c(F)c4)CC3)CC1N2c1ccc(C#N)cn1. The molecule has 2 unspecified atom stereocenters. The average Bonchev–Trinajstić information content (AvgIpc) is 3.56. The van der Waals surface area contributed by atoms with Crippen molar-refractivity contribution in [1.82, 2.24) is 15.2 Å². The number of hydrogen-bond donors (Lipinski definition) is 1. The number of piperazine rings is 1. The van der Waals surface area contributed by atoms with E-state index in [-0.39, 0.29) is 24.5 Å². The average molecular weight is 437 g/mol. The zero-order valence-electron chi connectivity index (χ0n) is 17.9. The van der Waals surface area contributed by atoms with Crippen LogP contribution in [0.3, 0.4) is 0 Å². The van der Waals surface area contributed by atoms with Gasteiger partial charge < -0.3 is 9.80 Å². The van der Waals surface area contributed by atoms with Crippen LogP contribution in [-0.4, -0.2) is 47.5 Å². The van der Waals surface area contributed by atoms with E-state index >= 15 is 0 Å². The zero-order chi connectivity index (χ0) is 22.5. The van der Waals surface area contributed by atoms with Gasteiger partial charge in [-0.2, -0.15) is 5.26 Å². The maximum atomic E-state index is 13.7. The number of nitrogens with zero attached hydrogens (tertiary/aromatic N) is 4. The molecule has 1 amide bonds. The summed E-state index contributed by atoms with van der Waals surface area (Å²) in [6, 6.07) is 10.1. The van der Waals surface area contributed by atoms with Gasteiger partial charge in [-0.05, 0) is 55.0 Å². The van der Waals surface area contributed by atoms with Gasteiger partial charge in [0.25, 0.3) is 0 Å². The predicted molar refractivity (Wildman–Crippen MR) is 115 cm³/mol. The van der Waals surface area contributed by atoms with Crippen LogP contribution in [0.5, 0.6) is 0 Å². The molecule has 1 aliphatic carbocycles. The minimum absolute atomic E-state index is 0.0235. The summed E-state index contributed by atoms with van der Waals surface area (Å²) in [6.07, 6.45) is 4.17. The summed E-state index contributed by atoms with van der Waals surface area (Å²) < 4.78 is 27.0. The monoisotopic (exact) mass is 437 g/mol. The molecular weight excluding hydrogens is 412 g/mol. The van der Waals surface area contributed by atoms with Crippen molar-refractivity contribution in [2.75, 3.05) is 24.5 Å². The lowest BCUT2D eigenvalue weighted by molar-refractivity contribution is -0.131. The molecule has 1 aromatic heterocycles. The Morgan fingerprint density at radius 1 is 1.25 bits per heavy atom. The minimum Gasteiger partial charge on any atom is -0.347 e. The van der Waals surface area contributed by atoms with Gasteiger partial charge in [-0.25, -0.2) is 13.8 Å². The van der Waals surface area contributed by atoms with E-state index in [1.165, 1.54) is 6.07 Å². The molecule has 5 rings (SSSR count). The van der Waals surface area contributed by atoms with E-state index in [1.807, 2.05) is 11.0 Å². The Kier molecular flexibility index (Phi) is 5.09. The molecule has 3 heterocycles. The van der Waals surface area contributed by atoms with E-state index in [9.17, 15) is 13.6 Å². The molecule has 8 heteroatoms. The van der Waals surface area contributed by atoms with Gasteiger partial charge in [0.2, 0.25) is 5.91 Å². The van der Waals surface area contributed by atoms with Gasteiger partial charge in [-0.1, -0.05) is 13.0 Å². The summed E-state index contributed by atoms with van der Waals surface area (Å²) in [7, 11) is 0.